The van der Waals surface area contributed by atoms with Crippen LogP contribution in [0.4, 0.5) is 4.39 Å². The zero-order valence-corrected chi connectivity index (χ0v) is 14.9. The van der Waals surface area contributed by atoms with Crippen molar-refractivity contribution in [1.82, 2.24) is 15.5 Å². The molecule has 1 aliphatic heterocycles. The predicted molar refractivity (Wildman–Crippen MR) is 92.5 cm³/mol. The third kappa shape index (κ3) is 3.61. The molecule has 8 heteroatoms. The van der Waals surface area contributed by atoms with E-state index in [0.717, 1.165) is 0 Å². The number of nitrogens with two attached hydrogens (primary N) is 1. The molecule has 1 fully saturated rings. The van der Waals surface area contributed by atoms with Crippen molar-refractivity contribution in [3.63, 3.8) is 0 Å². The van der Waals surface area contributed by atoms with Gasteiger partial charge in [0.2, 0.25) is 17.6 Å². The minimum Gasteiger partial charge on any atom is -0.381 e. The first-order valence-electron chi connectivity index (χ1n) is 8.64. The lowest BCUT2D eigenvalue weighted by Crippen LogP contribution is -2.49. The van der Waals surface area contributed by atoms with Gasteiger partial charge in [0, 0.05) is 25.3 Å². The minimum absolute atomic E-state index is 0.142. The lowest BCUT2D eigenvalue weighted by atomic mass is 9.79. The summed E-state index contributed by atoms with van der Waals surface area (Å²) in [4.78, 5) is 17.0. The number of carbonyl (C=O) groups excluding carboxylic acids is 1. The number of nitrogens with zero attached hydrogens (tertiary/aromatic N) is 2. The van der Waals surface area contributed by atoms with Crippen molar-refractivity contribution < 1.29 is 18.4 Å². The van der Waals surface area contributed by atoms with Crippen molar-refractivity contribution >= 4 is 5.91 Å². The summed E-state index contributed by atoms with van der Waals surface area (Å²) in [6.45, 7) is 4.73. The van der Waals surface area contributed by atoms with Gasteiger partial charge in [-0.2, -0.15) is 4.98 Å². The van der Waals surface area contributed by atoms with E-state index in [1.165, 1.54) is 6.07 Å². The highest BCUT2D eigenvalue weighted by Gasteiger charge is 2.39. The highest BCUT2D eigenvalue weighted by Crippen LogP contribution is 2.30. The number of amides is 1. The normalized spacial score (nSPS) is 17.7. The number of rotatable bonds is 5. The van der Waals surface area contributed by atoms with Crippen LogP contribution in [-0.4, -0.2) is 35.8 Å². The summed E-state index contributed by atoms with van der Waals surface area (Å²) in [7, 11) is 0. The van der Waals surface area contributed by atoms with E-state index in [2.05, 4.69) is 15.5 Å². The zero-order chi connectivity index (χ0) is 18.7. The molecule has 1 amide bonds. The van der Waals surface area contributed by atoms with Crippen molar-refractivity contribution in [2.75, 3.05) is 19.8 Å². The SMILES string of the molecule is Cc1ccc(-c2noc(C(C)NC(=O)C3(CN)CCOCC3)n2)cc1F. The molecule has 1 unspecified atom stereocenters. The fourth-order valence-corrected chi connectivity index (χ4v) is 2.96. The van der Waals surface area contributed by atoms with Gasteiger partial charge in [-0.05, 0) is 38.3 Å². The minimum atomic E-state index is -0.630. The first-order chi connectivity index (χ1) is 12.4. The van der Waals surface area contributed by atoms with Gasteiger partial charge in [-0.25, -0.2) is 4.39 Å². The average molecular weight is 362 g/mol. The standard InChI is InChI=1S/C18H23FN4O3/c1-11-3-4-13(9-14(11)19)15-22-16(26-23-15)12(2)21-17(24)18(10-20)5-7-25-8-6-18/h3-4,9,12H,5-8,10,20H2,1-2H3,(H,21,24). The van der Waals surface area contributed by atoms with Crippen LogP contribution in [-0.2, 0) is 9.53 Å². The number of aromatic nitrogens is 2. The molecular weight excluding hydrogens is 339 g/mol. The van der Waals surface area contributed by atoms with E-state index in [1.807, 2.05) is 0 Å². The summed E-state index contributed by atoms with van der Waals surface area (Å²) in [5, 5.41) is 6.78. The van der Waals surface area contributed by atoms with Gasteiger partial charge in [-0.1, -0.05) is 17.3 Å². The molecule has 0 aliphatic carbocycles. The lowest BCUT2D eigenvalue weighted by molar-refractivity contribution is -0.136. The third-order valence-corrected chi connectivity index (χ3v) is 4.91. The molecule has 26 heavy (non-hydrogen) atoms. The van der Waals surface area contributed by atoms with E-state index in [-0.39, 0.29) is 30.0 Å². The predicted octanol–water partition coefficient (Wildman–Crippen LogP) is 2.12. The molecule has 1 atom stereocenters. The summed E-state index contributed by atoms with van der Waals surface area (Å²) in [5.74, 6) is 0.0599. The molecule has 0 radical (unpaired) electrons. The maximum absolute atomic E-state index is 13.7. The van der Waals surface area contributed by atoms with Gasteiger partial charge >= 0.3 is 0 Å². The van der Waals surface area contributed by atoms with Crippen LogP contribution in [0.3, 0.4) is 0 Å². The molecule has 1 saturated heterocycles. The number of hydrogen-bond acceptors (Lipinski definition) is 6. The first-order valence-corrected chi connectivity index (χ1v) is 8.64. The Morgan fingerprint density at radius 1 is 1.42 bits per heavy atom. The van der Waals surface area contributed by atoms with Crippen LogP contribution in [0.15, 0.2) is 22.7 Å². The van der Waals surface area contributed by atoms with Crippen molar-refractivity contribution in [2.45, 2.75) is 32.7 Å². The molecule has 7 nitrogen and oxygen atoms in total. The molecule has 1 aromatic carbocycles. The lowest BCUT2D eigenvalue weighted by Gasteiger charge is -2.35. The van der Waals surface area contributed by atoms with Crippen LogP contribution in [0.2, 0.25) is 0 Å². The number of benzene rings is 1. The van der Waals surface area contributed by atoms with Crippen LogP contribution >= 0.6 is 0 Å². The Bertz CT molecular complexity index is 786. The number of hydrogen-bond donors (Lipinski definition) is 2. The number of halogens is 1. The molecule has 3 rings (SSSR count). The molecule has 0 saturated carbocycles. The van der Waals surface area contributed by atoms with Crippen molar-refractivity contribution in [1.29, 1.82) is 0 Å². The van der Waals surface area contributed by atoms with Crippen molar-refractivity contribution in [2.24, 2.45) is 11.1 Å². The molecule has 1 aliphatic rings. The second-order valence-corrected chi connectivity index (χ2v) is 6.71. The van der Waals surface area contributed by atoms with E-state index in [1.54, 1.807) is 26.0 Å². The topological polar surface area (TPSA) is 103 Å². The number of carbonyl (C=O) groups is 1. The van der Waals surface area contributed by atoms with Crippen LogP contribution in [0.5, 0.6) is 0 Å². The molecule has 3 N–H and O–H groups in total. The van der Waals surface area contributed by atoms with Crippen LogP contribution < -0.4 is 11.1 Å². The van der Waals surface area contributed by atoms with Crippen LogP contribution in [0.25, 0.3) is 11.4 Å². The monoisotopic (exact) mass is 362 g/mol. The summed E-state index contributed by atoms with van der Waals surface area (Å²) >= 11 is 0. The maximum Gasteiger partial charge on any atom is 0.249 e. The van der Waals surface area contributed by atoms with E-state index >= 15 is 0 Å². The molecule has 140 valence electrons. The number of aryl methyl sites for hydroxylation is 1. The smallest absolute Gasteiger partial charge is 0.249 e. The van der Waals surface area contributed by atoms with Gasteiger partial charge in [-0.15, -0.1) is 0 Å². The highest BCUT2D eigenvalue weighted by molar-refractivity contribution is 5.83. The van der Waals surface area contributed by atoms with E-state index in [9.17, 15) is 9.18 Å². The van der Waals surface area contributed by atoms with E-state index in [0.29, 0.717) is 37.2 Å². The number of ether oxygens (including phenoxy) is 1. The second kappa shape index (κ2) is 7.51. The number of nitrogens with one attached hydrogen (secondary N) is 1. The molecular formula is C18H23FN4O3. The Balaban J connectivity index is 1.72. The quantitative estimate of drug-likeness (QED) is 0.844. The van der Waals surface area contributed by atoms with Gasteiger partial charge in [-0.3, -0.25) is 4.79 Å². The largest absolute Gasteiger partial charge is 0.381 e. The summed E-state index contributed by atoms with van der Waals surface area (Å²) in [5.41, 5.74) is 6.29. The van der Waals surface area contributed by atoms with E-state index < -0.39 is 11.5 Å². The Morgan fingerprint density at radius 3 is 2.81 bits per heavy atom. The fourth-order valence-electron chi connectivity index (χ4n) is 2.96. The van der Waals surface area contributed by atoms with Gasteiger partial charge in [0.25, 0.3) is 0 Å². The Labute approximate surface area is 151 Å². The van der Waals surface area contributed by atoms with Crippen LogP contribution in [0, 0.1) is 18.2 Å². The summed E-state index contributed by atoms with van der Waals surface area (Å²) < 4.78 is 24.3. The van der Waals surface area contributed by atoms with Crippen molar-refractivity contribution in [3.8, 4) is 11.4 Å². The van der Waals surface area contributed by atoms with Gasteiger partial charge in [0.05, 0.1) is 5.41 Å². The highest BCUT2D eigenvalue weighted by atomic mass is 19.1. The molecule has 2 heterocycles. The third-order valence-electron chi connectivity index (χ3n) is 4.91. The summed E-state index contributed by atoms with van der Waals surface area (Å²) in [6, 6.07) is 4.26. The summed E-state index contributed by atoms with van der Waals surface area (Å²) in [6.07, 6.45) is 1.17. The van der Waals surface area contributed by atoms with Gasteiger partial charge < -0.3 is 20.3 Å². The van der Waals surface area contributed by atoms with Gasteiger partial charge in [0.1, 0.15) is 11.9 Å². The van der Waals surface area contributed by atoms with Gasteiger partial charge in [0.15, 0.2) is 0 Å². The average Bonchev–Trinajstić information content (AvgIpc) is 3.14. The Kier molecular flexibility index (Phi) is 5.33. The molecule has 0 spiro atoms. The Morgan fingerprint density at radius 2 is 2.15 bits per heavy atom. The van der Waals surface area contributed by atoms with E-state index in [4.69, 9.17) is 15.0 Å². The first kappa shape index (κ1) is 18.5. The zero-order valence-electron chi connectivity index (χ0n) is 14.9. The maximum atomic E-state index is 13.7. The Hall–Kier alpha value is -2.32. The van der Waals surface area contributed by atoms with Crippen LogP contribution in [0.1, 0.15) is 37.3 Å². The molecule has 2 aromatic rings. The second-order valence-electron chi connectivity index (χ2n) is 6.71. The molecule has 1 aromatic heterocycles. The molecule has 0 bridgehead atoms. The van der Waals surface area contributed by atoms with Crippen molar-refractivity contribution in [3.05, 3.63) is 35.5 Å². The fraction of sp³-hybridized carbons (Fsp3) is 0.500.